The van der Waals surface area contributed by atoms with Crippen LogP contribution in [0.5, 0.6) is 0 Å². The van der Waals surface area contributed by atoms with Gasteiger partial charge in [0.2, 0.25) is 0 Å². The first-order valence-electron chi connectivity index (χ1n) is 7.10. The van der Waals surface area contributed by atoms with Crippen LogP contribution in [0.2, 0.25) is 0 Å². The average molecular weight is 269 g/mol. The first kappa shape index (κ1) is 13.0. The summed E-state index contributed by atoms with van der Waals surface area (Å²) in [5, 5.41) is 0. The zero-order chi connectivity index (χ0) is 13.9. The van der Waals surface area contributed by atoms with Gasteiger partial charge in [-0.05, 0) is 48.1 Å². The van der Waals surface area contributed by atoms with Crippen molar-refractivity contribution < 1.29 is 9.53 Å². The molecule has 1 heterocycles. The van der Waals surface area contributed by atoms with Crippen molar-refractivity contribution in [2.75, 3.05) is 6.61 Å². The molecule has 0 amide bonds. The highest BCUT2D eigenvalue weighted by Gasteiger charge is 2.33. The summed E-state index contributed by atoms with van der Waals surface area (Å²) in [6, 6.07) is 12.0. The molecule has 3 nitrogen and oxygen atoms in total. The van der Waals surface area contributed by atoms with Gasteiger partial charge in [-0.3, -0.25) is 4.79 Å². The second-order valence-corrected chi connectivity index (χ2v) is 5.59. The summed E-state index contributed by atoms with van der Waals surface area (Å²) in [5.41, 5.74) is 2.09. The smallest absolute Gasteiger partial charge is 0.310 e. The lowest BCUT2D eigenvalue weighted by atomic mass is 10.1. The quantitative estimate of drug-likeness (QED) is 0.780. The Morgan fingerprint density at radius 2 is 1.90 bits per heavy atom. The number of ether oxygens (including phenoxy) is 1. The molecule has 1 fully saturated rings. The van der Waals surface area contributed by atoms with Gasteiger partial charge in [0, 0.05) is 18.1 Å². The van der Waals surface area contributed by atoms with Gasteiger partial charge in [0.25, 0.3) is 0 Å². The van der Waals surface area contributed by atoms with Gasteiger partial charge in [-0.2, -0.15) is 0 Å². The fraction of sp³-hybridized carbons (Fsp3) is 0.353. The van der Waals surface area contributed by atoms with Crippen LogP contribution in [0.25, 0.3) is 5.69 Å². The first-order chi connectivity index (χ1) is 9.72. The largest absolute Gasteiger partial charge is 0.465 e. The molecule has 2 unspecified atom stereocenters. The maximum atomic E-state index is 11.7. The molecule has 0 bridgehead atoms. The van der Waals surface area contributed by atoms with E-state index >= 15 is 0 Å². The van der Waals surface area contributed by atoms with Crippen LogP contribution in [0.15, 0.2) is 48.8 Å². The van der Waals surface area contributed by atoms with Gasteiger partial charge in [-0.1, -0.05) is 19.1 Å². The average Bonchev–Trinajstić information content (AvgIpc) is 2.93. The van der Waals surface area contributed by atoms with Gasteiger partial charge >= 0.3 is 5.97 Å². The van der Waals surface area contributed by atoms with E-state index in [1.54, 1.807) is 0 Å². The monoisotopic (exact) mass is 269 g/mol. The number of esters is 1. The van der Waals surface area contributed by atoms with Crippen molar-refractivity contribution in [3.05, 3.63) is 54.4 Å². The molecule has 3 heteroatoms. The molecule has 0 radical (unpaired) electrons. The topological polar surface area (TPSA) is 31.2 Å². The standard InChI is InChI=1S/C17H19NO2/c1-13-10-15(13)12-20-17(19)11-14-4-6-16(7-5-14)18-8-2-3-9-18/h2-9,13,15H,10-12H2,1H3. The highest BCUT2D eigenvalue weighted by molar-refractivity contribution is 5.72. The zero-order valence-corrected chi connectivity index (χ0v) is 11.7. The fourth-order valence-corrected chi connectivity index (χ4v) is 2.34. The summed E-state index contributed by atoms with van der Waals surface area (Å²) < 4.78 is 7.34. The van der Waals surface area contributed by atoms with Crippen LogP contribution in [0.3, 0.4) is 0 Å². The molecule has 0 N–H and O–H groups in total. The Morgan fingerprint density at radius 3 is 2.50 bits per heavy atom. The highest BCUT2D eigenvalue weighted by atomic mass is 16.5. The number of benzene rings is 1. The van der Waals surface area contributed by atoms with Crippen LogP contribution in [-0.2, 0) is 16.0 Å². The summed E-state index contributed by atoms with van der Waals surface area (Å²) in [4.78, 5) is 11.7. The number of nitrogens with zero attached hydrogens (tertiary/aromatic N) is 1. The highest BCUT2D eigenvalue weighted by Crippen LogP contribution is 2.37. The molecule has 0 aliphatic heterocycles. The van der Waals surface area contributed by atoms with E-state index in [2.05, 4.69) is 6.92 Å². The molecule has 104 valence electrons. The molecular formula is C17H19NO2. The Balaban J connectivity index is 1.53. The van der Waals surface area contributed by atoms with Crippen LogP contribution >= 0.6 is 0 Å². The van der Waals surface area contributed by atoms with Gasteiger partial charge in [-0.25, -0.2) is 0 Å². The fourth-order valence-electron chi connectivity index (χ4n) is 2.34. The predicted octanol–water partition coefficient (Wildman–Crippen LogP) is 3.22. The number of hydrogen-bond acceptors (Lipinski definition) is 2. The van der Waals surface area contributed by atoms with E-state index in [-0.39, 0.29) is 5.97 Å². The summed E-state index contributed by atoms with van der Waals surface area (Å²) in [6.07, 6.45) is 5.55. The first-order valence-corrected chi connectivity index (χ1v) is 7.10. The number of hydrogen-bond donors (Lipinski definition) is 0. The second kappa shape index (κ2) is 5.53. The number of carbonyl (C=O) groups excluding carboxylic acids is 1. The summed E-state index contributed by atoms with van der Waals surface area (Å²) >= 11 is 0. The van der Waals surface area contributed by atoms with Crippen LogP contribution < -0.4 is 0 Å². The third-order valence-electron chi connectivity index (χ3n) is 3.92. The van der Waals surface area contributed by atoms with Crippen molar-refractivity contribution in [3.8, 4) is 5.69 Å². The molecule has 0 saturated heterocycles. The predicted molar refractivity (Wildman–Crippen MR) is 77.7 cm³/mol. The molecule has 1 aromatic carbocycles. The summed E-state index contributed by atoms with van der Waals surface area (Å²) in [7, 11) is 0. The minimum atomic E-state index is -0.127. The molecular weight excluding hydrogens is 250 g/mol. The lowest BCUT2D eigenvalue weighted by Gasteiger charge is -2.06. The van der Waals surface area contributed by atoms with Gasteiger partial charge in [0.15, 0.2) is 0 Å². The Labute approximate surface area is 119 Å². The summed E-state index contributed by atoms with van der Waals surface area (Å²) in [5.74, 6) is 1.19. The van der Waals surface area contributed by atoms with Crippen LogP contribution in [-0.4, -0.2) is 17.1 Å². The van der Waals surface area contributed by atoms with Crippen molar-refractivity contribution in [1.29, 1.82) is 0 Å². The molecule has 1 aliphatic carbocycles. The Hall–Kier alpha value is -2.03. The van der Waals surface area contributed by atoms with Crippen LogP contribution in [0, 0.1) is 11.8 Å². The van der Waals surface area contributed by atoms with E-state index in [9.17, 15) is 4.79 Å². The SMILES string of the molecule is CC1CC1COC(=O)Cc1ccc(-n2cccc2)cc1. The van der Waals surface area contributed by atoms with Gasteiger partial charge in [-0.15, -0.1) is 0 Å². The van der Waals surface area contributed by atoms with Gasteiger partial charge in [0.1, 0.15) is 0 Å². The molecule has 0 spiro atoms. The number of aromatic nitrogens is 1. The van der Waals surface area contributed by atoms with Gasteiger partial charge < -0.3 is 9.30 Å². The minimum Gasteiger partial charge on any atom is -0.465 e. The van der Waals surface area contributed by atoms with Crippen LogP contribution in [0.1, 0.15) is 18.9 Å². The molecule has 2 atom stereocenters. The second-order valence-electron chi connectivity index (χ2n) is 5.59. The molecule has 1 aromatic heterocycles. The molecule has 3 rings (SSSR count). The zero-order valence-electron chi connectivity index (χ0n) is 11.7. The van der Waals surface area contributed by atoms with E-state index in [0.29, 0.717) is 18.9 Å². The number of carbonyl (C=O) groups is 1. The van der Waals surface area contributed by atoms with E-state index < -0.39 is 0 Å². The van der Waals surface area contributed by atoms with E-state index in [1.165, 1.54) is 6.42 Å². The minimum absolute atomic E-state index is 0.127. The molecule has 20 heavy (non-hydrogen) atoms. The maximum Gasteiger partial charge on any atom is 0.310 e. The Morgan fingerprint density at radius 1 is 1.25 bits per heavy atom. The molecule has 1 saturated carbocycles. The molecule has 2 aromatic rings. The Bertz CT molecular complexity index is 572. The van der Waals surface area contributed by atoms with E-state index in [1.807, 2.05) is 53.4 Å². The third kappa shape index (κ3) is 3.10. The number of rotatable bonds is 5. The third-order valence-corrected chi connectivity index (χ3v) is 3.92. The summed E-state index contributed by atoms with van der Waals surface area (Å²) in [6.45, 7) is 2.78. The van der Waals surface area contributed by atoms with Crippen molar-refractivity contribution in [2.24, 2.45) is 11.8 Å². The lowest BCUT2D eigenvalue weighted by Crippen LogP contribution is -2.10. The van der Waals surface area contributed by atoms with E-state index in [0.717, 1.165) is 17.2 Å². The lowest BCUT2D eigenvalue weighted by molar-refractivity contribution is -0.143. The van der Waals surface area contributed by atoms with Crippen molar-refractivity contribution >= 4 is 5.97 Å². The Kier molecular flexibility index (Phi) is 3.59. The van der Waals surface area contributed by atoms with Crippen molar-refractivity contribution in [1.82, 2.24) is 4.57 Å². The maximum absolute atomic E-state index is 11.7. The van der Waals surface area contributed by atoms with Crippen molar-refractivity contribution in [2.45, 2.75) is 19.8 Å². The molecule has 1 aliphatic rings. The van der Waals surface area contributed by atoms with E-state index in [4.69, 9.17) is 4.74 Å². The van der Waals surface area contributed by atoms with Crippen LogP contribution in [0.4, 0.5) is 0 Å². The normalized spacial score (nSPS) is 20.6. The van der Waals surface area contributed by atoms with Crippen molar-refractivity contribution in [3.63, 3.8) is 0 Å². The van der Waals surface area contributed by atoms with Gasteiger partial charge in [0.05, 0.1) is 13.0 Å².